The van der Waals surface area contributed by atoms with Crippen LogP contribution in [0.25, 0.3) is 0 Å². The molecule has 0 amide bonds. The van der Waals surface area contributed by atoms with Gasteiger partial charge in [-0.25, -0.2) is 0 Å². The van der Waals surface area contributed by atoms with Crippen LogP contribution in [0.5, 0.6) is 0 Å². The van der Waals surface area contributed by atoms with E-state index < -0.39 is 0 Å². The fourth-order valence-corrected chi connectivity index (χ4v) is 2.64. The van der Waals surface area contributed by atoms with Gasteiger partial charge in [-0.1, -0.05) is 60.5 Å². The zero-order valence-corrected chi connectivity index (χ0v) is 13.0. The summed E-state index contributed by atoms with van der Waals surface area (Å²) < 4.78 is 0. The number of nitrogens with two attached hydrogens (primary N) is 1. The van der Waals surface area contributed by atoms with Gasteiger partial charge in [0.2, 0.25) is 0 Å². The van der Waals surface area contributed by atoms with E-state index in [9.17, 15) is 0 Å². The molecule has 0 heterocycles. The third-order valence-corrected chi connectivity index (χ3v) is 3.87. The van der Waals surface area contributed by atoms with E-state index in [4.69, 9.17) is 28.9 Å². The summed E-state index contributed by atoms with van der Waals surface area (Å²) in [6.07, 6.45) is 0. The second-order valence-electron chi connectivity index (χ2n) is 4.76. The van der Waals surface area contributed by atoms with E-state index in [1.165, 1.54) is 5.56 Å². The summed E-state index contributed by atoms with van der Waals surface area (Å²) in [7, 11) is 0. The van der Waals surface area contributed by atoms with Crippen LogP contribution in [-0.2, 0) is 13.1 Å². The fraction of sp³-hybridized carbons (Fsp3) is 0.250. The molecule has 2 aromatic rings. The Labute approximate surface area is 130 Å². The van der Waals surface area contributed by atoms with Gasteiger partial charge in [0.1, 0.15) is 0 Å². The van der Waals surface area contributed by atoms with Crippen LogP contribution < -0.4 is 5.73 Å². The monoisotopic (exact) mass is 308 g/mol. The van der Waals surface area contributed by atoms with Crippen LogP contribution in [0.2, 0.25) is 10.0 Å². The minimum absolute atomic E-state index is 0.447. The highest BCUT2D eigenvalue weighted by atomic mass is 35.5. The van der Waals surface area contributed by atoms with Crippen LogP contribution in [0.1, 0.15) is 18.1 Å². The maximum absolute atomic E-state index is 6.08. The molecule has 0 aliphatic rings. The molecule has 0 fully saturated rings. The van der Waals surface area contributed by atoms with Crippen LogP contribution in [-0.4, -0.2) is 11.4 Å². The maximum Gasteiger partial charge on any atom is 0.0693 e. The highest BCUT2D eigenvalue weighted by Crippen LogP contribution is 2.29. The fourth-order valence-electron chi connectivity index (χ4n) is 2.11. The smallest absolute Gasteiger partial charge is 0.0693 e. The van der Waals surface area contributed by atoms with Crippen molar-refractivity contribution >= 4 is 28.9 Å². The Kier molecular flexibility index (Phi) is 5.30. The second kappa shape index (κ2) is 6.98. The molecule has 0 atom stereocenters. The normalized spacial score (nSPS) is 11.0. The highest BCUT2D eigenvalue weighted by Gasteiger charge is 2.09. The van der Waals surface area contributed by atoms with Gasteiger partial charge in [0.15, 0.2) is 0 Å². The van der Waals surface area contributed by atoms with E-state index >= 15 is 0 Å². The first-order valence-corrected chi connectivity index (χ1v) is 7.35. The van der Waals surface area contributed by atoms with Crippen LogP contribution in [0.4, 0.5) is 5.69 Å². The van der Waals surface area contributed by atoms with E-state index in [-0.39, 0.29) is 0 Å². The molecule has 0 spiro atoms. The van der Waals surface area contributed by atoms with Crippen molar-refractivity contribution in [3.63, 3.8) is 0 Å². The minimum atomic E-state index is 0.447. The summed E-state index contributed by atoms with van der Waals surface area (Å²) in [5, 5.41) is 1.03. The van der Waals surface area contributed by atoms with Crippen molar-refractivity contribution in [2.45, 2.75) is 20.0 Å². The lowest BCUT2D eigenvalue weighted by Gasteiger charge is -2.21. The van der Waals surface area contributed by atoms with Gasteiger partial charge < -0.3 is 5.73 Å². The van der Waals surface area contributed by atoms with E-state index in [0.717, 1.165) is 25.2 Å². The molecule has 106 valence electrons. The summed E-state index contributed by atoms with van der Waals surface area (Å²) in [6.45, 7) is 4.79. The number of rotatable bonds is 5. The third kappa shape index (κ3) is 3.89. The molecule has 0 unspecified atom stereocenters. The highest BCUT2D eigenvalue weighted by molar-refractivity contribution is 6.38. The van der Waals surface area contributed by atoms with Gasteiger partial charge in [0, 0.05) is 13.1 Å². The molecular weight excluding hydrogens is 291 g/mol. The quantitative estimate of drug-likeness (QED) is 0.818. The first kappa shape index (κ1) is 15.2. The van der Waals surface area contributed by atoms with Gasteiger partial charge in [-0.3, -0.25) is 4.90 Å². The topological polar surface area (TPSA) is 29.3 Å². The molecule has 0 aliphatic carbocycles. The molecule has 2 N–H and O–H groups in total. The molecule has 0 radical (unpaired) electrons. The number of hydrogen-bond donors (Lipinski definition) is 1. The Morgan fingerprint density at radius 1 is 0.950 bits per heavy atom. The van der Waals surface area contributed by atoms with E-state index in [1.54, 1.807) is 0 Å². The third-order valence-electron chi connectivity index (χ3n) is 3.24. The Balaban J connectivity index is 2.10. The summed E-state index contributed by atoms with van der Waals surface area (Å²) >= 11 is 12.2. The summed E-state index contributed by atoms with van der Waals surface area (Å²) in [6, 6.07) is 14.2. The molecule has 2 nitrogen and oxygen atoms in total. The summed E-state index contributed by atoms with van der Waals surface area (Å²) in [5.41, 5.74) is 8.58. The number of benzene rings is 2. The van der Waals surface area contributed by atoms with Crippen LogP contribution >= 0.6 is 23.2 Å². The van der Waals surface area contributed by atoms with Gasteiger partial charge >= 0.3 is 0 Å². The van der Waals surface area contributed by atoms with Gasteiger partial charge in [-0.2, -0.15) is 0 Å². The molecule has 0 aromatic heterocycles. The Morgan fingerprint density at radius 2 is 1.50 bits per heavy atom. The molecule has 2 aromatic carbocycles. The standard InChI is InChI=1S/C16H18Cl2N2/c1-2-20(10-12-6-4-3-5-7-12)11-13-8-14(17)16(19)15(18)9-13/h3-9H,2,10-11,19H2,1H3. The number of anilines is 1. The van der Waals surface area contributed by atoms with Crippen molar-refractivity contribution in [1.29, 1.82) is 0 Å². The number of halogens is 2. The Morgan fingerprint density at radius 3 is 2.05 bits per heavy atom. The first-order valence-electron chi connectivity index (χ1n) is 6.59. The zero-order valence-electron chi connectivity index (χ0n) is 11.4. The van der Waals surface area contributed by atoms with Crippen LogP contribution in [0.3, 0.4) is 0 Å². The van der Waals surface area contributed by atoms with Gasteiger partial charge in [0.25, 0.3) is 0 Å². The lowest BCUT2D eigenvalue weighted by Crippen LogP contribution is -2.22. The zero-order chi connectivity index (χ0) is 14.5. The van der Waals surface area contributed by atoms with Crippen molar-refractivity contribution in [3.05, 3.63) is 63.6 Å². The van der Waals surface area contributed by atoms with Crippen LogP contribution in [0.15, 0.2) is 42.5 Å². The number of hydrogen-bond acceptors (Lipinski definition) is 2. The van der Waals surface area contributed by atoms with Crippen LogP contribution in [0, 0.1) is 0 Å². The number of nitrogen functional groups attached to an aromatic ring is 1. The lowest BCUT2D eigenvalue weighted by molar-refractivity contribution is 0.271. The van der Waals surface area contributed by atoms with Crippen molar-refractivity contribution in [1.82, 2.24) is 4.90 Å². The summed E-state index contributed by atoms with van der Waals surface area (Å²) in [4.78, 5) is 2.33. The predicted molar refractivity (Wildman–Crippen MR) is 87.1 cm³/mol. The average Bonchev–Trinajstić information content (AvgIpc) is 2.45. The van der Waals surface area contributed by atoms with Crippen molar-refractivity contribution < 1.29 is 0 Å². The van der Waals surface area contributed by atoms with Gasteiger partial charge in [-0.15, -0.1) is 0 Å². The molecule has 4 heteroatoms. The Bertz CT molecular complexity index is 547. The van der Waals surface area contributed by atoms with Gasteiger partial charge in [-0.05, 0) is 29.8 Å². The number of nitrogens with zero attached hydrogens (tertiary/aromatic N) is 1. The maximum atomic E-state index is 6.08. The van der Waals surface area contributed by atoms with E-state index in [2.05, 4.69) is 36.1 Å². The SMILES string of the molecule is CCN(Cc1ccccc1)Cc1cc(Cl)c(N)c(Cl)c1. The van der Waals surface area contributed by atoms with Crippen molar-refractivity contribution in [3.8, 4) is 0 Å². The van der Waals surface area contributed by atoms with E-state index in [0.29, 0.717) is 15.7 Å². The molecule has 2 rings (SSSR count). The molecule has 20 heavy (non-hydrogen) atoms. The molecule has 0 saturated heterocycles. The largest absolute Gasteiger partial charge is 0.396 e. The lowest BCUT2D eigenvalue weighted by atomic mass is 10.1. The molecule has 0 saturated carbocycles. The summed E-state index contributed by atoms with van der Waals surface area (Å²) in [5.74, 6) is 0. The minimum Gasteiger partial charge on any atom is -0.396 e. The molecule has 0 bridgehead atoms. The molecule has 0 aliphatic heterocycles. The van der Waals surface area contributed by atoms with Crippen molar-refractivity contribution in [2.24, 2.45) is 0 Å². The first-order chi connectivity index (χ1) is 9.60. The molecular formula is C16H18Cl2N2. The van der Waals surface area contributed by atoms with E-state index in [1.807, 2.05) is 18.2 Å². The van der Waals surface area contributed by atoms with Gasteiger partial charge in [0.05, 0.1) is 15.7 Å². The second-order valence-corrected chi connectivity index (χ2v) is 5.58. The Hall–Kier alpha value is -1.22. The predicted octanol–water partition coefficient (Wildman–Crippen LogP) is 4.60. The average molecular weight is 309 g/mol. The van der Waals surface area contributed by atoms with Crippen molar-refractivity contribution in [2.75, 3.05) is 12.3 Å².